The molecule has 0 aromatic heterocycles. The van der Waals surface area contributed by atoms with E-state index in [0.717, 1.165) is 12.8 Å². The highest BCUT2D eigenvalue weighted by Crippen LogP contribution is 2.27. The van der Waals surface area contributed by atoms with Crippen molar-refractivity contribution in [3.8, 4) is 0 Å². The summed E-state index contributed by atoms with van der Waals surface area (Å²) in [5.41, 5.74) is 4.67. The molecule has 0 amide bonds. The van der Waals surface area contributed by atoms with Crippen LogP contribution in [0.2, 0.25) is 0 Å². The molecule has 0 aliphatic heterocycles. The first-order valence-corrected chi connectivity index (χ1v) is 8.25. The van der Waals surface area contributed by atoms with E-state index in [9.17, 15) is 8.42 Å². The van der Waals surface area contributed by atoms with Crippen LogP contribution in [0.1, 0.15) is 37.8 Å². The second-order valence-corrected chi connectivity index (χ2v) is 7.18. The minimum atomic E-state index is -3.48. The lowest BCUT2D eigenvalue weighted by Crippen LogP contribution is -2.35. The van der Waals surface area contributed by atoms with Crippen LogP contribution in [-0.2, 0) is 10.0 Å². The standard InChI is InChI=1S/C14H25N3O2S/c1-6-7-12(4)17(5)20(18,19)14-10(2)8-13(16-15)9-11(14)3/h8-9,12,16H,6-7,15H2,1-5H3. The van der Waals surface area contributed by atoms with Crippen LogP contribution in [0.3, 0.4) is 0 Å². The summed E-state index contributed by atoms with van der Waals surface area (Å²) in [6.07, 6.45) is 1.80. The van der Waals surface area contributed by atoms with Gasteiger partial charge in [0.25, 0.3) is 0 Å². The molecule has 0 aliphatic carbocycles. The monoisotopic (exact) mass is 299 g/mol. The average molecular weight is 299 g/mol. The van der Waals surface area contributed by atoms with Gasteiger partial charge >= 0.3 is 0 Å². The number of nitrogen functional groups attached to an aromatic ring is 1. The van der Waals surface area contributed by atoms with Crippen LogP contribution in [0.5, 0.6) is 0 Å². The average Bonchev–Trinajstić information content (AvgIpc) is 2.36. The van der Waals surface area contributed by atoms with E-state index in [4.69, 9.17) is 5.84 Å². The molecule has 1 atom stereocenters. The molecule has 0 saturated heterocycles. The Kier molecular flexibility index (Phi) is 5.56. The number of hydrogen-bond acceptors (Lipinski definition) is 4. The maximum absolute atomic E-state index is 12.8. The van der Waals surface area contributed by atoms with Crippen molar-refractivity contribution in [3.05, 3.63) is 23.3 Å². The van der Waals surface area contributed by atoms with E-state index in [0.29, 0.717) is 21.7 Å². The number of nitrogens with zero attached hydrogens (tertiary/aromatic N) is 1. The zero-order chi connectivity index (χ0) is 15.5. The topological polar surface area (TPSA) is 75.4 Å². The van der Waals surface area contributed by atoms with Crippen LogP contribution in [-0.4, -0.2) is 25.8 Å². The summed E-state index contributed by atoms with van der Waals surface area (Å²) in [6.45, 7) is 7.56. The summed E-state index contributed by atoms with van der Waals surface area (Å²) in [4.78, 5) is 0.377. The van der Waals surface area contributed by atoms with Gasteiger partial charge in [0.1, 0.15) is 0 Å². The van der Waals surface area contributed by atoms with Crippen LogP contribution in [0, 0.1) is 13.8 Å². The normalized spacial score (nSPS) is 13.6. The van der Waals surface area contributed by atoms with Gasteiger partial charge in [0.15, 0.2) is 0 Å². The third-order valence-electron chi connectivity index (χ3n) is 3.59. The number of nitrogens with one attached hydrogen (secondary N) is 1. The summed E-state index contributed by atoms with van der Waals surface area (Å²) in [5, 5.41) is 0. The minimum absolute atomic E-state index is 0.0175. The molecule has 0 radical (unpaired) electrons. The smallest absolute Gasteiger partial charge is 0.243 e. The van der Waals surface area contributed by atoms with Gasteiger partial charge in [0.05, 0.1) is 4.90 Å². The maximum Gasteiger partial charge on any atom is 0.243 e. The van der Waals surface area contributed by atoms with Crippen LogP contribution in [0.25, 0.3) is 0 Å². The quantitative estimate of drug-likeness (QED) is 0.625. The van der Waals surface area contributed by atoms with Gasteiger partial charge in [-0.15, -0.1) is 0 Å². The molecule has 0 heterocycles. The highest BCUT2D eigenvalue weighted by molar-refractivity contribution is 7.89. The Bertz CT molecular complexity index is 547. The van der Waals surface area contributed by atoms with Crippen molar-refractivity contribution in [3.63, 3.8) is 0 Å². The van der Waals surface area contributed by atoms with E-state index in [1.54, 1.807) is 33.0 Å². The second-order valence-electron chi connectivity index (χ2n) is 5.24. The minimum Gasteiger partial charge on any atom is -0.324 e. The first kappa shape index (κ1) is 16.9. The summed E-state index contributed by atoms with van der Waals surface area (Å²) >= 11 is 0. The van der Waals surface area contributed by atoms with Gasteiger partial charge in [0, 0.05) is 18.8 Å². The molecule has 0 saturated carbocycles. The van der Waals surface area contributed by atoms with Crippen LogP contribution >= 0.6 is 0 Å². The summed E-state index contributed by atoms with van der Waals surface area (Å²) < 4.78 is 27.0. The van der Waals surface area contributed by atoms with Gasteiger partial charge < -0.3 is 5.43 Å². The van der Waals surface area contributed by atoms with Crippen LogP contribution < -0.4 is 11.3 Å². The number of hydrazine groups is 1. The van der Waals surface area contributed by atoms with Crippen molar-refractivity contribution in [1.29, 1.82) is 0 Å². The van der Waals surface area contributed by atoms with Gasteiger partial charge in [-0.3, -0.25) is 5.84 Å². The van der Waals surface area contributed by atoms with Crippen molar-refractivity contribution < 1.29 is 8.42 Å². The Hall–Kier alpha value is -1.11. The fourth-order valence-corrected chi connectivity index (χ4v) is 4.22. The van der Waals surface area contributed by atoms with Crippen molar-refractivity contribution in [2.24, 2.45) is 5.84 Å². The molecule has 0 aliphatic rings. The zero-order valence-corrected chi connectivity index (χ0v) is 13.7. The van der Waals surface area contributed by atoms with Crippen LogP contribution in [0.15, 0.2) is 17.0 Å². The molecule has 1 aromatic carbocycles. The number of rotatable bonds is 6. The summed E-state index contributed by atoms with van der Waals surface area (Å²) in [7, 11) is -1.84. The molecule has 0 spiro atoms. The molecule has 3 N–H and O–H groups in total. The van der Waals surface area contributed by atoms with Crippen molar-refractivity contribution in [1.82, 2.24) is 4.31 Å². The number of benzene rings is 1. The molecule has 0 fully saturated rings. The Morgan fingerprint density at radius 3 is 2.20 bits per heavy atom. The van der Waals surface area contributed by atoms with Crippen molar-refractivity contribution in [2.75, 3.05) is 12.5 Å². The predicted molar refractivity (Wildman–Crippen MR) is 83.0 cm³/mol. The molecule has 6 heteroatoms. The van der Waals surface area contributed by atoms with E-state index in [2.05, 4.69) is 12.3 Å². The van der Waals surface area contributed by atoms with E-state index in [1.165, 1.54) is 4.31 Å². The summed E-state index contributed by atoms with van der Waals surface area (Å²) in [5.74, 6) is 5.38. The Morgan fingerprint density at radius 2 is 1.80 bits per heavy atom. The molecule has 114 valence electrons. The van der Waals surface area contributed by atoms with Gasteiger partial charge in [-0.1, -0.05) is 13.3 Å². The lowest BCUT2D eigenvalue weighted by Gasteiger charge is -2.26. The molecular formula is C14H25N3O2S. The van der Waals surface area contributed by atoms with Gasteiger partial charge in [-0.05, 0) is 50.5 Å². The predicted octanol–water partition coefficient (Wildman–Crippen LogP) is 2.40. The van der Waals surface area contributed by atoms with Gasteiger partial charge in [-0.2, -0.15) is 4.31 Å². The third-order valence-corrected chi connectivity index (χ3v) is 5.87. The lowest BCUT2D eigenvalue weighted by atomic mass is 10.1. The molecular weight excluding hydrogens is 274 g/mol. The summed E-state index contributed by atoms with van der Waals surface area (Å²) in [6, 6.07) is 3.48. The lowest BCUT2D eigenvalue weighted by molar-refractivity contribution is 0.368. The van der Waals surface area contributed by atoms with Crippen molar-refractivity contribution in [2.45, 2.75) is 51.5 Å². The Labute approximate surface area is 122 Å². The molecule has 1 rings (SSSR count). The third kappa shape index (κ3) is 3.31. The van der Waals surface area contributed by atoms with E-state index < -0.39 is 10.0 Å². The number of hydrogen-bond donors (Lipinski definition) is 2. The van der Waals surface area contributed by atoms with Crippen molar-refractivity contribution >= 4 is 15.7 Å². The fourth-order valence-electron chi connectivity index (χ4n) is 2.42. The molecule has 1 unspecified atom stereocenters. The largest absolute Gasteiger partial charge is 0.324 e. The Balaban J connectivity index is 3.29. The number of sulfonamides is 1. The molecule has 0 bridgehead atoms. The molecule has 5 nitrogen and oxygen atoms in total. The number of nitrogens with two attached hydrogens (primary N) is 1. The SMILES string of the molecule is CCCC(C)N(C)S(=O)(=O)c1c(C)cc(NN)cc1C. The fraction of sp³-hybridized carbons (Fsp3) is 0.571. The molecule has 1 aromatic rings. The van der Waals surface area contributed by atoms with Crippen LogP contribution in [0.4, 0.5) is 5.69 Å². The van der Waals surface area contributed by atoms with E-state index in [-0.39, 0.29) is 6.04 Å². The Morgan fingerprint density at radius 1 is 1.30 bits per heavy atom. The van der Waals surface area contributed by atoms with E-state index >= 15 is 0 Å². The zero-order valence-electron chi connectivity index (χ0n) is 12.9. The van der Waals surface area contributed by atoms with E-state index in [1.807, 2.05) is 6.92 Å². The van der Waals surface area contributed by atoms with Gasteiger partial charge in [-0.25, -0.2) is 8.42 Å². The maximum atomic E-state index is 12.8. The second kappa shape index (κ2) is 6.56. The first-order chi connectivity index (χ1) is 9.25. The number of aryl methyl sites for hydroxylation is 2. The first-order valence-electron chi connectivity index (χ1n) is 6.81. The number of anilines is 1. The highest BCUT2D eigenvalue weighted by atomic mass is 32.2. The van der Waals surface area contributed by atoms with Gasteiger partial charge in [0.2, 0.25) is 10.0 Å². The highest BCUT2D eigenvalue weighted by Gasteiger charge is 2.28. The molecule has 20 heavy (non-hydrogen) atoms.